The molecule has 6 heteroatoms. The molecule has 1 aromatic carbocycles. The minimum absolute atomic E-state index is 0.0605. The van der Waals surface area contributed by atoms with Crippen LogP contribution in [0.15, 0.2) is 41.8 Å². The normalized spacial score (nSPS) is 16.3. The van der Waals surface area contributed by atoms with Crippen molar-refractivity contribution < 1.29 is 4.79 Å². The third-order valence-electron chi connectivity index (χ3n) is 4.73. The van der Waals surface area contributed by atoms with Crippen molar-refractivity contribution in [3.8, 4) is 0 Å². The molecule has 1 N–H and O–H groups in total. The molecule has 0 saturated carbocycles. The van der Waals surface area contributed by atoms with Crippen LogP contribution in [0.4, 0.5) is 0 Å². The average Bonchev–Trinajstić information content (AvgIpc) is 3.32. The van der Waals surface area contributed by atoms with Gasteiger partial charge in [-0.2, -0.15) is 0 Å². The van der Waals surface area contributed by atoms with E-state index in [9.17, 15) is 4.79 Å². The van der Waals surface area contributed by atoms with Gasteiger partial charge in [0.15, 0.2) is 5.01 Å². The standard InChI is InChI=1S/C19H21N3OS2/c23-18(19-21-15-4-1-2-5-17(15)25-19)20-9-12-22-10-7-14(8-11-22)16-6-3-13-24-16/h1-6,13-14H,7-12H2,(H,20,23). The lowest BCUT2D eigenvalue weighted by molar-refractivity contribution is 0.0945. The molecule has 1 saturated heterocycles. The first-order valence-corrected chi connectivity index (χ1v) is 10.4. The second kappa shape index (κ2) is 7.64. The Hall–Kier alpha value is -1.76. The quantitative estimate of drug-likeness (QED) is 0.738. The predicted molar refractivity (Wildman–Crippen MR) is 105 cm³/mol. The average molecular weight is 372 g/mol. The van der Waals surface area contributed by atoms with Gasteiger partial charge >= 0.3 is 0 Å². The van der Waals surface area contributed by atoms with Crippen LogP contribution in [0.2, 0.25) is 0 Å². The number of carbonyl (C=O) groups is 1. The van der Waals surface area contributed by atoms with Crippen LogP contribution in [0.25, 0.3) is 10.2 Å². The Kier molecular flexibility index (Phi) is 5.10. The summed E-state index contributed by atoms with van der Waals surface area (Å²) < 4.78 is 1.06. The van der Waals surface area contributed by atoms with E-state index in [0.717, 1.165) is 29.9 Å². The number of likely N-dealkylation sites (tertiary alicyclic amines) is 1. The topological polar surface area (TPSA) is 45.2 Å². The smallest absolute Gasteiger partial charge is 0.280 e. The maximum Gasteiger partial charge on any atom is 0.280 e. The Balaban J connectivity index is 1.23. The van der Waals surface area contributed by atoms with Crippen LogP contribution >= 0.6 is 22.7 Å². The summed E-state index contributed by atoms with van der Waals surface area (Å²) in [5, 5.41) is 5.73. The molecule has 3 aromatic rings. The molecule has 1 aliphatic rings. The van der Waals surface area contributed by atoms with E-state index >= 15 is 0 Å². The molecule has 25 heavy (non-hydrogen) atoms. The summed E-state index contributed by atoms with van der Waals surface area (Å²) in [5.74, 6) is 0.656. The molecule has 4 nitrogen and oxygen atoms in total. The van der Waals surface area contributed by atoms with Crippen molar-refractivity contribution in [2.24, 2.45) is 0 Å². The van der Waals surface area contributed by atoms with Gasteiger partial charge in [-0.15, -0.1) is 22.7 Å². The third-order valence-corrected chi connectivity index (χ3v) is 6.80. The number of carbonyl (C=O) groups excluding carboxylic acids is 1. The molecular weight excluding hydrogens is 350 g/mol. The van der Waals surface area contributed by atoms with Crippen molar-refractivity contribution in [1.82, 2.24) is 15.2 Å². The molecule has 0 unspecified atom stereocenters. The first-order chi connectivity index (χ1) is 12.3. The molecule has 4 rings (SSSR count). The molecule has 1 amide bonds. The number of hydrogen-bond donors (Lipinski definition) is 1. The Labute approximate surface area is 155 Å². The fourth-order valence-corrected chi connectivity index (χ4v) is 5.12. The number of piperidine rings is 1. The Morgan fingerprint density at radius 3 is 2.80 bits per heavy atom. The number of rotatable bonds is 5. The van der Waals surface area contributed by atoms with Gasteiger partial charge in [0.2, 0.25) is 0 Å². The predicted octanol–water partition coefficient (Wildman–Crippen LogP) is 3.97. The van der Waals surface area contributed by atoms with Crippen LogP contribution in [-0.4, -0.2) is 42.0 Å². The molecular formula is C19H21N3OS2. The monoisotopic (exact) mass is 371 g/mol. The first kappa shape index (κ1) is 16.7. The first-order valence-electron chi connectivity index (χ1n) is 8.69. The summed E-state index contributed by atoms with van der Waals surface area (Å²) in [7, 11) is 0. The number of benzene rings is 1. The SMILES string of the molecule is O=C(NCCN1CCC(c2cccs2)CC1)c1nc2ccccc2s1. The van der Waals surface area contributed by atoms with Crippen molar-refractivity contribution >= 4 is 38.8 Å². The van der Waals surface area contributed by atoms with E-state index in [1.165, 1.54) is 29.1 Å². The molecule has 0 spiro atoms. The van der Waals surface area contributed by atoms with Crippen LogP contribution in [0.3, 0.4) is 0 Å². The maximum absolute atomic E-state index is 12.3. The Morgan fingerprint density at radius 1 is 1.20 bits per heavy atom. The molecule has 1 fully saturated rings. The van der Waals surface area contributed by atoms with Gasteiger partial charge in [0, 0.05) is 18.0 Å². The highest BCUT2D eigenvalue weighted by molar-refractivity contribution is 7.20. The van der Waals surface area contributed by atoms with Crippen molar-refractivity contribution in [1.29, 1.82) is 0 Å². The van der Waals surface area contributed by atoms with E-state index in [4.69, 9.17) is 0 Å². The van der Waals surface area contributed by atoms with Crippen molar-refractivity contribution in [2.75, 3.05) is 26.2 Å². The number of amides is 1. The summed E-state index contributed by atoms with van der Waals surface area (Å²) in [4.78, 5) is 20.7. The third kappa shape index (κ3) is 3.92. The number of nitrogens with one attached hydrogen (secondary N) is 1. The number of para-hydroxylation sites is 1. The van der Waals surface area contributed by atoms with E-state index in [1.807, 2.05) is 35.6 Å². The van der Waals surface area contributed by atoms with Gasteiger partial charge < -0.3 is 10.2 Å². The summed E-state index contributed by atoms with van der Waals surface area (Å²) in [6, 6.07) is 12.3. The second-order valence-corrected chi connectivity index (χ2v) is 8.38. The minimum atomic E-state index is -0.0605. The Morgan fingerprint density at radius 2 is 2.04 bits per heavy atom. The maximum atomic E-state index is 12.3. The van der Waals surface area contributed by atoms with Gasteiger partial charge in [-0.25, -0.2) is 4.98 Å². The molecule has 0 aliphatic carbocycles. The molecule has 0 atom stereocenters. The lowest BCUT2D eigenvalue weighted by Gasteiger charge is -2.31. The summed E-state index contributed by atoms with van der Waals surface area (Å²) in [6.07, 6.45) is 2.43. The zero-order valence-corrected chi connectivity index (χ0v) is 15.6. The van der Waals surface area contributed by atoms with E-state index in [0.29, 0.717) is 17.5 Å². The second-order valence-electron chi connectivity index (χ2n) is 6.37. The molecule has 130 valence electrons. The Bertz CT molecular complexity index is 802. The summed E-state index contributed by atoms with van der Waals surface area (Å²) in [5.41, 5.74) is 0.897. The summed E-state index contributed by atoms with van der Waals surface area (Å²) >= 11 is 3.32. The van der Waals surface area contributed by atoms with Crippen molar-refractivity contribution in [2.45, 2.75) is 18.8 Å². The lowest BCUT2D eigenvalue weighted by Crippen LogP contribution is -2.39. The van der Waals surface area contributed by atoms with E-state index < -0.39 is 0 Å². The number of fused-ring (bicyclic) bond motifs is 1. The van der Waals surface area contributed by atoms with Crippen molar-refractivity contribution in [3.63, 3.8) is 0 Å². The van der Waals surface area contributed by atoms with E-state index in [-0.39, 0.29) is 5.91 Å². The lowest BCUT2D eigenvalue weighted by atomic mass is 9.95. The number of hydrogen-bond acceptors (Lipinski definition) is 5. The molecule has 0 bridgehead atoms. The van der Waals surface area contributed by atoms with Crippen LogP contribution in [0.1, 0.15) is 33.4 Å². The molecule has 0 radical (unpaired) electrons. The van der Waals surface area contributed by atoms with Crippen LogP contribution < -0.4 is 5.32 Å². The minimum Gasteiger partial charge on any atom is -0.349 e. The number of nitrogens with zero attached hydrogens (tertiary/aromatic N) is 2. The fourth-order valence-electron chi connectivity index (χ4n) is 3.34. The fraction of sp³-hybridized carbons (Fsp3) is 0.368. The number of aromatic nitrogens is 1. The highest BCUT2D eigenvalue weighted by Crippen LogP contribution is 2.30. The van der Waals surface area contributed by atoms with Gasteiger partial charge in [-0.3, -0.25) is 4.79 Å². The van der Waals surface area contributed by atoms with Gasteiger partial charge in [0.05, 0.1) is 10.2 Å². The molecule has 2 aromatic heterocycles. The zero-order chi connectivity index (χ0) is 17.1. The van der Waals surface area contributed by atoms with E-state index in [1.54, 1.807) is 0 Å². The molecule has 3 heterocycles. The highest BCUT2D eigenvalue weighted by Gasteiger charge is 2.21. The van der Waals surface area contributed by atoms with Crippen LogP contribution in [0, 0.1) is 0 Å². The van der Waals surface area contributed by atoms with Gasteiger partial charge in [-0.05, 0) is 55.4 Å². The van der Waals surface area contributed by atoms with E-state index in [2.05, 4.69) is 32.7 Å². The number of thiophene rings is 1. The van der Waals surface area contributed by atoms with Gasteiger partial charge in [0.25, 0.3) is 5.91 Å². The van der Waals surface area contributed by atoms with Crippen LogP contribution in [-0.2, 0) is 0 Å². The van der Waals surface area contributed by atoms with Crippen LogP contribution in [0.5, 0.6) is 0 Å². The largest absolute Gasteiger partial charge is 0.349 e. The van der Waals surface area contributed by atoms with Crippen molar-refractivity contribution in [3.05, 3.63) is 51.7 Å². The van der Waals surface area contributed by atoms with Gasteiger partial charge in [0.1, 0.15) is 0 Å². The molecule has 1 aliphatic heterocycles. The summed E-state index contributed by atoms with van der Waals surface area (Å²) in [6.45, 7) is 3.81. The number of thiazole rings is 1. The zero-order valence-electron chi connectivity index (χ0n) is 14.0. The van der Waals surface area contributed by atoms with Gasteiger partial charge in [-0.1, -0.05) is 18.2 Å². The highest BCUT2D eigenvalue weighted by atomic mass is 32.1.